The Hall–Kier alpha value is -2.01. The zero-order valence-corrected chi connectivity index (χ0v) is 17.8. The third-order valence-corrected chi connectivity index (χ3v) is 4.60. The van der Waals surface area contributed by atoms with Crippen molar-refractivity contribution in [2.75, 3.05) is 13.2 Å². The van der Waals surface area contributed by atoms with Gasteiger partial charge < -0.3 is 14.8 Å². The van der Waals surface area contributed by atoms with E-state index in [1.165, 1.54) is 5.56 Å². The molecule has 1 atom stereocenters. The van der Waals surface area contributed by atoms with Crippen LogP contribution >= 0.6 is 23.2 Å². The quantitative estimate of drug-likeness (QED) is 0.555. The van der Waals surface area contributed by atoms with Crippen LogP contribution in [0, 0.1) is 6.92 Å². The number of hydrogen-bond donors (Lipinski definition) is 1. The SMILES string of the molecule is C/C(=C\C(C)NC(=O)COCc1cccc(C)c1)COc1ccc(Cl)c(Cl)c1. The maximum atomic E-state index is 12.0. The van der Waals surface area contributed by atoms with Gasteiger partial charge in [0.15, 0.2) is 0 Å². The summed E-state index contributed by atoms with van der Waals surface area (Å²) in [5.41, 5.74) is 3.21. The van der Waals surface area contributed by atoms with Crippen molar-refractivity contribution < 1.29 is 14.3 Å². The number of ether oxygens (including phenoxy) is 2. The lowest BCUT2D eigenvalue weighted by atomic mass is 10.1. The van der Waals surface area contributed by atoms with Gasteiger partial charge in [0.1, 0.15) is 19.0 Å². The zero-order valence-electron chi connectivity index (χ0n) is 16.3. The molecule has 0 aliphatic rings. The first kappa shape index (κ1) is 22.3. The van der Waals surface area contributed by atoms with Gasteiger partial charge in [-0.05, 0) is 44.0 Å². The number of hydrogen-bond acceptors (Lipinski definition) is 3. The smallest absolute Gasteiger partial charge is 0.246 e. The Bertz CT molecular complexity index is 836. The van der Waals surface area contributed by atoms with Crippen molar-refractivity contribution in [1.29, 1.82) is 0 Å². The molecule has 0 heterocycles. The van der Waals surface area contributed by atoms with Crippen LogP contribution in [0.3, 0.4) is 0 Å². The zero-order chi connectivity index (χ0) is 20.5. The van der Waals surface area contributed by atoms with Crippen LogP contribution in [-0.2, 0) is 16.1 Å². The molecule has 0 aromatic heterocycles. The number of amides is 1. The maximum Gasteiger partial charge on any atom is 0.246 e. The molecular weight excluding hydrogens is 397 g/mol. The van der Waals surface area contributed by atoms with Gasteiger partial charge in [0.25, 0.3) is 0 Å². The largest absolute Gasteiger partial charge is 0.489 e. The lowest BCUT2D eigenvalue weighted by Crippen LogP contribution is -2.34. The second-order valence-corrected chi connectivity index (χ2v) is 7.53. The lowest BCUT2D eigenvalue weighted by Gasteiger charge is -2.13. The van der Waals surface area contributed by atoms with E-state index < -0.39 is 0 Å². The van der Waals surface area contributed by atoms with Gasteiger partial charge in [-0.3, -0.25) is 4.79 Å². The Kier molecular flexibility index (Phi) is 8.84. The summed E-state index contributed by atoms with van der Waals surface area (Å²) in [4.78, 5) is 12.0. The van der Waals surface area contributed by atoms with E-state index >= 15 is 0 Å². The van der Waals surface area contributed by atoms with Crippen LogP contribution in [0.25, 0.3) is 0 Å². The minimum atomic E-state index is -0.158. The highest BCUT2D eigenvalue weighted by molar-refractivity contribution is 6.42. The lowest BCUT2D eigenvalue weighted by molar-refractivity contribution is -0.126. The van der Waals surface area contributed by atoms with Gasteiger partial charge >= 0.3 is 0 Å². The molecule has 6 heteroatoms. The molecule has 0 fully saturated rings. The van der Waals surface area contributed by atoms with Gasteiger partial charge in [0.05, 0.1) is 16.7 Å². The summed E-state index contributed by atoms with van der Waals surface area (Å²) < 4.78 is 11.2. The molecule has 150 valence electrons. The average Bonchev–Trinajstić information content (AvgIpc) is 2.62. The molecular formula is C22H25Cl2NO3. The molecule has 1 unspecified atom stereocenters. The van der Waals surface area contributed by atoms with Crippen molar-refractivity contribution in [3.63, 3.8) is 0 Å². The Morgan fingerprint density at radius 2 is 1.93 bits per heavy atom. The Labute approximate surface area is 176 Å². The maximum absolute atomic E-state index is 12.0. The van der Waals surface area contributed by atoms with Gasteiger partial charge in [0, 0.05) is 12.1 Å². The van der Waals surface area contributed by atoms with E-state index in [0.29, 0.717) is 29.0 Å². The van der Waals surface area contributed by atoms with Gasteiger partial charge in [-0.1, -0.05) is 59.1 Å². The number of rotatable bonds is 9. The van der Waals surface area contributed by atoms with Crippen molar-refractivity contribution in [2.24, 2.45) is 0 Å². The van der Waals surface area contributed by atoms with Crippen molar-refractivity contribution in [3.05, 3.63) is 75.3 Å². The highest BCUT2D eigenvalue weighted by Crippen LogP contribution is 2.26. The Morgan fingerprint density at radius 1 is 1.14 bits per heavy atom. The van der Waals surface area contributed by atoms with Crippen LogP contribution in [0.5, 0.6) is 5.75 Å². The molecule has 0 bridgehead atoms. The molecule has 0 aliphatic heterocycles. The minimum Gasteiger partial charge on any atom is -0.489 e. The number of aryl methyl sites for hydroxylation is 1. The topological polar surface area (TPSA) is 47.6 Å². The standard InChI is InChI=1S/C22H25Cl2NO3/c1-15-5-4-6-18(10-15)13-27-14-22(26)25-17(3)9-16(2)12-28-19-7-8-20(23)21(24)11-19/h4-11,17H,12-14H2,1-3H3,(H,25,26)/b16-9+. The van der Waals surface area contributed by atoms with E-state index in [2.05, 4.69) is 5.32 Å². The van der Waals surface area contributed by atoms with E-state index in [1.807, 2.05) is 51.1 Å². The van der Waals surface area contributed by atoms with E-state index in [1.54, 1.807) is 18.2 Å². The van der Waals surface area contributed by atoms with E-state index in [-0.39, 0.29) is 18.6 Å². The molecule has 1 amide bonds. The molecule has 0 radical (unpaired) electrons. The molecule has 1 N–H and O–H groups in total. The second kappa shape index (κ2) is 11.1. The molecule has 2 aromatic carbocycles. The van der Waals surface area contributed by atoms with Crippen LogP contribution < -0.4 is 10.1 Å². The van der Waals surface area contributed by atoms with E-state index in [0.717, 1.165) is 11.1 Å². The van der Waals surface area contributed by atoms with Crippen molar-refractivity contribution in [2.45, 2.75) is 33.4 Å². The molecule has 28 heavy (non-hydrogen) atoms. The normalized spacial score (nSPS) is 12.5. The second-order valence-electron chi connectivity index (χ2n) is 6.72. The van der Waals surface area contributed by atoms with Crippen molar-refractivity contribution in [1.82, 2.24) is 5.32 Å². The van der Waals surface area contributed by atoms with Crippen LogP contribution in [0.4, 0.5) is 0 Å². The number of nitrogens with one attached hydrogen (secondary N) is 1. The van der Waals surface area contributed by atoms with Gasteiger partial charge in [-0.2, -0.15) is 0 Å². The summed E-state index contributed by atoms with van der Waals surface area (Å²) in [5, 5.41) is 3.83. The highest BCUT2D eigenvalue weighted by atomic mass is 35.5. The predicted molar refractivity (Wildman–Crippen MR) is 114 cm³/mol. The van der Waals surface area contributed by atoms with Gasteiger partial charge in [-0.15, -0.1) is 0 Å². The minimum absolute atomic E-state index is 0.0188. The molecule has 2 rings (SSSR count). The molecule has 0 saturated heterocycles. The number of carbonyl (C=O) groups is 1. The predicted octanol–water partition coefficient (Wildman–Crippen LogP) is 5.35. The molecule has 4 nitrogen and oxygen atoms in total. The number of benzene rings is 2. The summed E-state index contributed by atoms with van der Waals surface area (Å²) >= 11 is 11.9. The van der Waals surface area contributed by atoms with Crippen LogP contribution in [0.15, 0.2) is 54.1 Å². The highest BCUT2D eigenvalue weighted by Gasteiger charge is 2.07. The van der Waals surface area contributed by atoms with Crippen molar-refractivity contribution in [3.8, 4) is 5.75 Å². The summed E-state index contributed by atoms with van der Waals surface area (Å²) in [6, 6.07) is 13.0. The first-order valence-electron chi connectivity index (χ1n) is 9.01. The molecule has 2 aromatic rings. The van der Waals surface area contributed by atoms with Crippen LogP contribution in [-0.4, -0.2) is 25.2 Å². The van der Waals surface area contributed by atoms with Crippen LogP contribution in [0.2, 0.25) is 10.0 Å². The van der Waals surface area contributed by atoms with E-state index in [4.69, 9.17) is 32.7 Å². The fourth-order valence-electron chi connectivity index (χ4n) is 2.64. The van der Waals surface area contributed by atoms with Crippen molar-refractivity contribution >= 4 is 29.1 Å². The summed E-state index contributed by atoms with van der Waals surface area (Å²) in [5.74, 6) is 0.484. The third kappa shape index (κ3) is 7.93. The fourth-order valence-corrected chi connectivity index (χ4v) is 2.93. The van der Waals surface area contributed by atoms with Gasteiger partial charge in [0.2, 0.25) is 5.91 Å². The first-order valence-corrected chi connectivity index (χ1v) is 9.77. The summed E-state index contributed by atoms with van der Waals surface area (Å²) in [6.45, 7) is 6.69. The third-order valence-electron chi connectivity index (χ3n) is 3.87. The Balaban J connectivity index is 1.72. The molecule has 0 aliphatic carbocycles. The molecule has 0 saturated carbocycles. The summed E-state index contributed by atoms with van der Waals surface area (Å²) in [6.07, 6.45) is 1.94. The average molecular weight is 422 g/mol. The molecule has 0 spiro atoms. The number of carbonyl (C=O) groups excluding carboxylic acids is 1. The Morgan fingerprint density at radius 3 is 2.64 bits per heavy atom. The summed E-state index contributed by atoms with van der Waals surface area (Å²) in [7, 11) is 0. The number of halogens is 2. The fraction of sp³-hybridized carbons (Fsp3) is 0.318. The van der Waals surface area contributed by atoms with E-state index in [9.17, 15) is 4.79 Å². The first-order chi connectivity index (χ1) is 13.3. The monoisotopic (exact) mass is 421 g/mol. The van der Waals surface area contributed by atoms with Crippen LogP contribution in [0.1, 0.15) is 25.0 Å². The van der Waals surface area contributed by atoms with Gasteiger partial charge in [-0.25, -0.2) is 0 Å².